The smallest absolute Gasteiger partial charge is 0.0798 e. The molecule has 0 aliphatic heterocycles. The Morgan fingerprint density at radius 1 is 0.788 bits per heavy atom. The fraction of sp³-hybridized carbons (Fsp3) is 0.300. The predicted molar refractivity (Wildman–Crippen MR) is 283 cm³/mol. The predicted octanol–water partition coefficient (Wildman–Crippen LogP) is 16.6. The summed E-state index contributed by atoms with van der Waals surface area (Å²) in [5.41, 5.74) is 13.3. The summed E-state index contributed by atoms with van der Waals surface area (Å²) in [4.78, 5) is 9.94. The number of para-hydroxylation sites is 2. The number of thiophene rings is 1. The summed E-state index contributed by atoms with van der Waals surface area (Å²) in [6, 6.07) is 48.5. The van der Waals surface area contributed by atoms with Gasteiger partial charge in [-0.2, -0.15) is 11.3 Å². The summed E-state index contributed by atoms with van der Waals surface area (Å²) in [5, 5.41) is 3.63. The second kappa shape index (κ2) is 20.1. The van der Waals surface area contributed by atoms with Crippen LogP contribution in [-0.2, 0) is 26.5 Å². The van der Waals surface area contributed by atoms with Crippen LogP contribution in [0.3, 0.4) is 0 Å². The zero-order valence-electron chi connectivity index (χ0n) is 44.5. The van der Waals surface area contributed by atoms with Crippen molar-refractivity contribution in [1.82, 2.24) is 14.5 Å². The average Bonchev–Trinajstić information content (AvgIpc) is 3.92. The molecular weight excluding hydrogens is 1020 g/mol. The van der Waals surface area contributed by atoms with Crippen LogP contribution in [0.25, 0.3) is 70.7 Å². The van der Waals surface area contributed by atoms with Crippen molar-refractivity contribution in [1.29, 1.82) is 0 Å². The van der Waals surface area contributed by atoms with Crippen molar-refractivity contribution in [2.24, 2.45) is 5.92 Å². The van der Waals surface area contributed by atoms with Gasteiger partial charge in [0.25, 0.3) is 0 Å². The second-order valence-electron chi connectivity index (χ2n) is 19.5. The van der Waals surface area contributed by atoms with E-state index in [-0.39, 0.29) is 31.6 Å². The fourth-order valence-corrected chi connectivity index (χ4v) is 12.1. The molecule has 1 saturated carbocycles. The molecule has 0 bridgehead atoms. The Labute approximate surface area is 419 Å². The quantitative estimate of drug-likeness (QED) is 0.107. The van der Waals surface area contributed by atoms with E-state index < -0.39 is 21.3 Å². The molecule has 1 fully saturated rings. The van der Waals surface area contributed by atoms with E-state index in [1.807, 2.05) is 23.6 Å². The molecule has 9 aromatic rings. The Morgan fingerprint density at radius 2 is 1.50 bits per heavy atom. The van der Waals surface area contributed by atoms with Gasteiger partial charge in [-0.05, 0) is 110 Å². The molecular formula is C60H63IrN3SSi-2. The molecule has 6 aromatic carbocycles. The molecule has 3 nitrogen and oxygen atoms in total. The summed E-state index contributed by atoms with van der Waals surface area (Å²) in [6.45, 7) is 15.9. The van der Waals surface area contributed by atoms with Crippen LogP contribution in [0.5, 0.6) is 0 Å². The Kier molecular flexibility index (Phi) is 12.6. The van der Waals surface area contributed by atoms with Crippen LogP contribution < -0.4 is 5.19 Å². The number of imidazole rings is 1. The van der Waals surface area contributed by atoms with Crippen LogP contribution in [-0.4, -0.2) is 22.6 Å². The molecule has 1 aliphatic rings. The SMILES string of the molecule is Cc1ccc2c(c1)sc1c(-c3nc4ccccc4n3-c3c(C(C)C)cc(-c4ccccc4)cc3C(C)C)[c-]ccc12.[2H]C([2H])([2H])c1c[c-]c(-c2cc(C([2H])([2H])C3CCCCC3)c([Si](C)(C)C)cn2)cc1.[Ir]. The van der Waals surface area contributed by atoms with Gasteiger partial charge in [-0.1, -0.05) is 163 Å². The van der Waals surface area contributed by atoms with Gasteiger partial charge in [0.1, 0.15) is 0 Å². The number of aromatic nitrogens is 3. The molecule has 3 heterocycles. The van der Waals surface area contributed by atoms with E-state index in [2.05, 4.69) is 173 Å². The summed E-state index contributed by atoms with van der Waals surface area (Å²) < 4.78 is 45.6. The van der Waals surface area contributed by atoms with Gasteiger partial charge in [0.2, 0.25) is 0 Å². The minimum Gasteiger partial charge on any atom is -0.333 e. The first-order chi connectivity index (χ1) is 33.3. The van der Waals surface area contributed by atoms with Crippen molar-refractivity contribution >= 4 is 55.8 Å². The van der Waals surface area contributed by atoms with Gasteiger partial charge in [-0.15, -0.1) is 53.6 Å². The normalized spacial score (nSPS) is 14.9. The van der Waals surface area contributed by atoms with Gasteiger partial charge >= 0.3 is 0 Å². The Bertz CT molecular complexity index is 3300. The number of rotatable bonds is 9. The number of aryl methyl sites for hydroxylation is 2. The molecule has 339 valence electrons. The Morgan fingerprint density at radius 3 is 2.18 bits per heavy atom. The maximum atomic E-state index is 9.03. The van der Waals surface area contributed by atoms with Crippen molar-refractivity contribution in [3.63, 3.8) is 0 Å². The van der Waals surface area contributed by atoms with Crippen molar-refractivity contribution in [2.45, 2.75) is 111 Å². The molecule has 0 amide bonds. The number of hydrogen-bond donors (Lipinski definition) is 0. The molecule has 10 rings (SSSR count). The molecule has 3 aromatic heterocycles. The molecule has 6 heteroatoms. The third-order valence-corrected chi connectivity index (χ3v) is 16.1. The van der Waals surface area contributed by atoms with Crippen LogP contribution in [0.2, 0.25) is 19.6 Å². The van der Waals surface area contributed by atoms with Crippen molar-refractivity contribution in [2.75, 3.05) is 0 Å². The van der Waals surface area contributed by atoms with Crippen molar-refractivity contribution < 1.29 is 27.0 Å². The molecule has 0 atom stereocenters. The van der Waals surface area contributed by atoms with Gasteiger partial charge in [0, 0.05) is 43.5 Å². The van der Waals surface area contributed by atoms with E-state index >= 15 is 0 Å². The minimum atomic E-state index is -2.16. The minimum absolute atomic E-state index is 0. The van der Waals surface area contributed by atoms with E-state index in [1.54, 1.807) is 12.1 Å². The fourth-order valence-electron chi connectivity index (χ4n) is 9.42. The van der Waals surface area contributed by atoms with Crippen LogP contribution in [0.4, 0.5) is 0 Å². The number of hydrogen-bond acceptors (Lipinski definition) is 3. The second-order valence-corrected chi connectivity index (χ2v) is 25.6. The topological polar surface area (TPSA) is 30.7 Å². The van der Waals surface area contributed by atoms with E-state index in [1.165, 1.54) is 66.2 Å². The van der Waals surface area contributed by atoms with E-state index in [0.29, 0.717) is 23.1 Å². The van der Waals surface area contributed by atoms with Gasteiger partial charge in [-0.3, -0.25) is 4.98 Å². The average molecular weight is 1080 g/mol. The zero-order valence-corrected chi connectivity index (χ0v) is 43.7. The summed E-state index contributed by atoms with van der Waals surface area (Å²) >= 11 is 1.85. The summed E-state index contributed by atoms with van der Waals surface area (Å²) in [6.07, 6.45) is 5.68. The number of benzene rings is 6. The largest absolute Gasteiger partial charge is 0.333 e. The van der Waals surface area contributed by atoms with Crippen LogP contribution in [0.15, 0.2) is 128 Å². The van der Waals surface area contributed by atoms with Crippen molar-refractivity contribution in [3.8, 4) is 39.5 Å². The van der Waals surface area contributed by atoms with Gasteiger partial charge in [0.15, 0.2) is 0 Å². The third-order valence-electron chi connectivity index (χ3n) is 12.9. The Balaban J connectivity index is 0.000000200. The Hall–Kier alpha value is -4.97. The number of nitrogens with zero attached hydrogens (tertiary/aromatic N) is 3. The maximum Gasteiger partial charge on any atom is 0.0798 e. The zero-order chi connectivity index (χ0) is 49.7. The van der Waals surface area contributed by atoms with Gasteiger partial charge in [-0.25, -0.2) is 0 Å². The first-order valence-corrected chi connectivity index (χ1v) is 27.7. The summed E-state index contributed by atoms with van der Waals surface area (Å²) in [5.74, 6) is 1.64. The first kappa shape index (κ1) is 41.2. The van der Waals surface area contributed by atoms with E-state index in [4.69, 9.17) is 11.8 Å². The first-order valence-electron chi connectivity index (χ1n) is 25.9. The third kappa shape index (κ3) is 9.85. The summed E-state index contributed by atoms with van der Waals surface area (Å²) in [7, 11) is -1.80. The van der Waals surface area contributed by atoms with E-state index in [0.717, 1.165) is 58.9 Å². The molecule has 0 unspecified atom stereocenters. The van der Waals surface area contributed by atoms with Gasteiger partial charge in [0.05, 0.1) is 24.9 Å². The maximum absolute atomic E-state index is 9.03. The molecule has 0 saturated heterocycles. The molecule has 0 spiro atoms. The number of fused-ring (bicyclic) bond motifs is 4. The van der Waals surface area contributed by atoms with Crippen molar-refractivity contribution in [3.05, 3.63) is 167 Å². The van der Waals surface area contributed by atoms with Crippen LogP contribution in [0.1, 0.15) is 106 Å². The monoisotopic (exact) mass is 1080 g/mol. The van der Waals surface area contributed by atoms with Crippen LogP contribution >= 0.6 is 11.3 Å². The van der Waals surface area contributed by atoms with Gasteiger partial charge < -0.3 is 9.55 Å². The van der Waals surface area contributed by atoms with E-state index in [9.17, 15) is 0 Å². The van der Waals surface area contributed by atoms with Crippen LogP contribution in [0, 0.1) is 31.8 Å². The molecule has 66 heavy (non-hydrogen) atoms. The standard InChI is InChI=1S/C38H33N2S.C22H30NSi.Ir/c1-23(2)31-21-27(26-12-7-6-8-13-26)22-32(24(3)4)36(31)40-34-17-10-9-16-33(34)39-38(40)30-15-11-14-29-28-19-18-25(5)20-35(28)41-37(29)30;1-17-10-12-19(13-11-17)21-15-20(14-18-8-6-5-7-9-18)22(16-23-21)24(2,3)4;/h6-14,16-24H,1-5H3;10-12,15-16,18H,5-9,14H2,1-4H3;/q2*-1;/i;1D3,14D2;. The molecule has 1 radical (unpaired) electrons. The molecule has 1 aliphatic carbocycles. The number of pyridine rings is 1. The molecule has 0 N–H and O–H groups in total.